The Hall–Kier alpha value is -1.33. The highest BCUT2D eigenvalue weighted by molar-refractivity contribution is 5.92. The monoisotopic (exact) mass is 335 g/mol. The zero-order valence-electron chi connectivity index (χ0n) is 15.8. The molecule has 1 saturated carbocycles. The molecular weight excluding hydrogens is 302 g/mol. The number of hydrogen-bond acceptors (Lipinski definition) is 3. The highest BCUT2D eigenvalue weighted by Crippen LogP contribution is 2.41. The third-order valence-corrected chi connectivity index (χ3v) is 5.29. The van der Waals surface area contributed by atoms with Crippen LogP contribution in [0.3, 0.4) is 0 Å². The summed E-state index contributed by atoms with van der Waals surface area (Å²) in [5, 5.41) is 14.1. The fraction of sp³-hybridized carbons (Fsp3) is 0.737. The average molecular weight is 335 g/mol. The summed E-state index contributed by atoms with van der Waals surface area (Å²) in [4.78, 5) is 16.6. The number of carbonyl (C=O) groups is 1. The minimum Gasteiger partial charge on any atom is -0.389 e. The Morgan fingerprint density at radius 1 is 1.33 bits per heavy atom. The largest absolute Gasteiger partial charge is 0.389 e. The molecule has 3 N–H and O–H groups in total. The molecule has 0 unspecified atom stereocenters. The number of rotatable bonds is 5. The first-order valence-corrected chi connectivity index (χ1v) is 8.93. The quantitative estimate of drug-likeness (QED) is 0.775. The smallest absolute Gasteiger partial charge is 0.269 e. The van der Waals surface area contributed by atoms with E-state index in [0.717, 1.165) is 31.4 Å². The fourth-order valence-corrected chi connectivity index (χ4v) is 3.54. The van der Waals surface area contributed by atoms with Crippen LogP contribution in [0.15, 0.2) is 12.1 Å². The first-order chi connectivity index (χ1) is 11.1. The molecule has 1 fully saturated rings. The van der Waals surface area contributed by atoms with Crippen LogP contribution in [-0.2, 0) is 6.54 Å². The number of nitrogens with one attached hydrogen (secondary N) is 2. The zero-order chi connectivity index (χ0) is 18.0. The fourth-order valence-electron chi connectivity index (χ4n) is 3.54. The van der Waals surface area contributed by atoms with E-state index in [9.17, 15) is 9.90 Å². The van der Waals surface area contributed by atoms with Crippen LogP contribution in [0.2, 0.25) is 0 Å². The van der Waals surface area contributed by atoms with Gasteiger partial charge in [0.1, 0.15) is 5.69 Å². The maximum absolute atomic E-state index is 11.9. The van der Waals surface area contributed by atoms with Crippen LogP contribution < -0.4 is 5.32 Å². The topological polar surface area (TPSA) is 68.4 Å². The van der Waals surface area contributed by atoms with Gasteiger partial charge in [0.05, 0.1) is 5.60 Å². The SMILES string of the molecule is CN(C)C(=O)c1ccc(CNCC2(O)CCC(C(C)(C)C)CC2)[nH]1. The van der Waals surface area contributed by atoms with Crippen molar-refractivity contribution in [3.05, 3.63) is 23.5 Å². The van der Waals surface area contributed by atoms with E-state index in [2.05, 4.69) is 31.1 Å². The van der Waals surface area contributed by atoms with Gasteiger partial charge in [-0.1, -0.05) is 20.8 Å². The van der Waals surface area contributed by atoms with E-state index < -0.39 is 5.60 Å². The maximum Gasteiger partial charge on any atom is 0.269 e. The summed E-state index contributed by atoms with van der Waals surface area (Å²) in [6, 6.07) is 3.73. The van der Waals surface area contributed by atoms with E-state index >= 15 is 0 Å². The standard InChI is InChI=1S/C19H33N3O2/c1-18(2,3)14-8-10-19(24,11-9-14)13-20-12-15-6-7-16(21-15)17(23)22(4)5/h6-7,14,20-21,24H,8-13H2,1-5H3. The second kappa shape index (κ2) is 7.28. The molecule has 0 bridgehead atoms. The predicted molar refractivity (Wildman–Crippen MR) is 96.9 cm³/mol. The van der Waals surface area contributed by atoms with E-state index in [1.54, 1.807) is 19.0 Å². The number of H-pyrrole nitrogens is 1. The number of amides is 1. The minimum absolute atomic E-state index is 0.0274. The maximum atomic E-state index is 11.9. The summed E-state index contributed by atoms with van der Waals surface area (Å²) in [6.07, 6.45) is 3.89. The van der Waals surface area contributed by atoms with Gasteiger partial charge in [0, 0.05) is 32.9 Å². The molecule has 1 aliphatic carbocycles. The molecule has 2 rings (SSSR count). The van der Waals surface area contributed by atoms with Crippen molar-refractivity contribution in [2.75, 3.05) is 20.6 Å². The van der Waals surface area contributed by atoms with Crippen molar-refractivity contribution in [3.8, 4) is 0 Å². The molecule has 24 heavy (non-hydrogen) atoms. The van der Waals surface area contributed by atoms with Crippen LogP contribution in [0.4, 0.5) is 0 Å². The summed E-state index contributed by atoms with van der Waals surface area (Å²) in [7, 11) is 3.48. The third kappa shape index (κ3) is 4.84. The molecule has 0 radical (unpaired) electrons. The van der Waals surface area contributed by atoms with Crippen molar-refractivity contribution in [2.45, 2.75) is 58.6 Å². The predicted octanol–water partition coefficient (Wildman–Crippen LogP) is 2.77. The van der Waals surface area contributed by atoms with E-state index in [1.165, 1.54) is 0 Å². The zero-order valence-corrected chi connectivity index (χ0v) is 15.8. The summed E-state index contributed by atoms with van der Waals surface area (Å²) in [6.45, 7) is 8.10. The second-order valence-electron chi connectivity index (χ2n) is 8.57. The molecule has 136 valence electrons. The molecule has 1 amide bonds. The van der Waals surface area contributed by atoms with Crippen LogP contribution >= 0.6 is 0 Å². The Labute approximate surface area is 145 Å². The van der Waals surface area contributed by atoms with Crippen LogP contribution in [-0.4, -0.2) is 47.1 Å². The molecule has 0 saturated heterocycles. The van der Waals surface area contributed by atoms with Crippen molar-refractivity contribution >= 4 is 5.91 Å². The number of hydrogen-bond donors (Lipinski definition) is 3. The van der Waals surface area contributed by atoms with E-state index in [0.29, 0.717) is 30.1 Å². The lowest BCUT2D eigenvalue weighted by atomic mass is 9.68. The molecule has 5 nitrogen and oxygen atoms in total. The minimum atomic E-state index is -0.601. The van der Waals surface area contributed by atoms with Gasteiger partial charge in [-0.3, -0.25) is 4.79 Å². The van der Waals surface area contributed by atoms with E-state index in [4.69, 9.17) is 0 Å². The highest BCUT2D eigenvalue weighted by atomic mass is 16.3. The van der Waals surface area contributed by atoms with Crippen molar-refractivity contribution in [2.24, 2.45) is 11.3 Å². The van der Waals surface area contributed by atoms with Gasteiger partial charge in [-0.2, -0.15) is 0 Å². The molecule has 0 atom stereocenters. The van der Waals surface area contributed by atoms with Crippen molar-refractivity contribution in [1.82, 2.24) is 15.2 Å². The van der Waals surface area contributed by atoms with Gasteiger partial charge in [0.15, 0.2) is 0 Å². The Bertz CT molecular complexity index is 549. The van der Waals surface area contributed by atoms with Gasteiger partial charge in [-0.15, -0.1) is 0 Å². The molecule has 0 spiro atoms. The Balaban J connectivity index is 1.79. The van der Waals surface area contributed by atoms with Crippen LogP contribution in [0.1, 0.15) is 62.6 Å². The summed E-state index contributed by atoms with van der Waals surface area (Å²) in [5.74, 6) is 0.668. The van der Waals surface area contributed by atoms with Crippen molar-refractivity contribution in [1.29, 1.82) is 0 Å². The van der Waals surface area contributed by atoms with Gasteiger partial charge < -0.3 is 20.3 Å². The number of aromatic amines is 1. The average Bonchev–Trinajstić information content (AvgIpc) is 2.94. The second-order valence-corrected chi connectivity index (χ2v) is 8.57. The van der Waals surface area contributed by atoms with Gasteiger partial charge >= 0.3 is 0 Å². The van der Waals surface area contributed by atoms with Gasteiger partial charge in [0.25, 0.3) is 5.91 Å². The molecule has 1 heterocycles. The Morgan fingerprint density at radius 2 is 1.96 bits per heavy atom. The molecule has 1 aliphatic rings. The van der Waals surface area contributed by atoms with Gasteiger partial charge in [-0.25, -0.2) is 0 Å². The van der Waals surface area contributed by atoms with E-state index in [-0.39, 0.29) is 5.91 Å². The van der Waals surface area contributed by atoms with Gasteiger partial charge in [0.2, 0.25) is 0 Å². The first-order valence-electron chi connectivity index (χ1n) is 8.93. The number of aliphatic hydroxyl groups is 1. The van der Waals surface area contributed by atoms with E-state index in [1.807, 2.05) is 12.1 Å². The molecule has 5 heteroatoms. The first kappa shape index (κ1) is 19.0. The van der Waals surface area contributed by atoms with Crippen LogP contribution in [0.5, 0.6) is 0 Å². The Morgan fingerprint density at radius 3 is 2.50 bits per heavy atom. The molecule has 0 aliphatic heterocycles. The normalized spacial score (nSPS) is 24.8. The number of nitrogens with zero attached hydrogens (tertiary/aromatic N) is 1. The lowest BCUT2D eigenvalue weighted by Gasteiger charge is -2.41. The summed E-state index contributed by atoms with van der Waals surface area (Å²) in [5.41, 5.74) is 1.29. The van der Waals surface area contributed by atoms with Crippen LogP contribution in [0, 0.1) is 11.3 Å². The Kier molecular flexibility index (Phi) is 5.76. The lowest BCUT2D eigenvalue weighted by Crippen LogP contribution is -2.44. The van der Waals surface area contributed by atoms with Crippen molar-refractivity contribution in [3.63, 3.8) is 0 Å². The summed E-state index contributed by atoms with van der Waals surface area (Å²) < 4.78 is 0. The number of aromatic nitrogens is 1. The molecule has 1 aromatic heterocycles. The van der Waals surface area contributed by atoms with Crippen molar-refractivity contribution < 1.29 is 9.90 Å². The summed E-state index contributed by atoms with van der Waals surface area (Å²) >= 11 is 0. The highest BCUT2D eigenvalue weighted by Gasteiger charge is 2.36. The third-order valence-electron chi connectivity index (χ3n) is 5.29. The molecule has 0 aromatic carbocycles. The number of carbonyl (C=O) groups excluding carboxylic acids is 1. The van der Waals surface area contributed by atoms with Gasteiger partial charge in [-0.05, 0) is 49.1 Å². The lowest BCUT2D eigenvalue weighted by molar-refractivity contribution is -0.0239. The van der Waals surface area contributed by atoms with Crippen LogP contribution in [0.25, 0.3) is 0 Å². The molecule has 1 aromatic rings. The molecular formula is C19H33N3O2.